The van der Waals surface area contributed by atoms with Gasteiger partial charge < -0.3 is 9.84 Å². The zero-order valence-electron chi connectivity index (χ0n) is 8.67. The second-order valence-corrected chi connectivity index (χ2v) is 4.01. The van der Waals surface area contributed by atoms with Crippen LogP contribution in [0.1, 0.15) is 39.0 Å². The molecular formula is C11H22O2. The molecular weight excluding hydrogens is 164 g/mol. The van der Waals surface area contributed by atoms with Crippen LogP contribution in [0.25, 0.3) is 0 Å². The molecule has 0 spiro atoms. The molecule has 1 N–H and O–H groups in total. The molecule has 0 aromatic carbocycles. The molecule has 13 heavy (non-hydrogen) atoms. The van der Waals surface area contributed by atoms with E-state index in [-0.39, 0.29) is 0 Å². The summed E-state index contributed by atoms with van der Waals surface area (Å²) in [6.07, 6.45) is 5.90. The lowest BCUT2D eigenvalue weighted by Crippen LogP contribution is -2.25. The average molecular weight is 186 g/mol. The lowest BCUT2D eigenvalue weighted by molar-refractivity contribution is 0.0264. The molecule has 78 valence electrons. The van der Waals surface area contributed by atoms with Crippen molar-refractivity contribution < 1.29 is 9.84 Å². The Balaban J connectivity index is 2.26. The van der Waals surface area contributed by atoms with Crippen molar-refractivity contribution in [3.63, 3.8) is 0 Å². The van der Waals surface area contributed by atoms with Crippen LogP contribution < -0.4 is 0 Å². The number of rotatable bonds is 5. The molecule has 2 heteroatoms. The summed E-state index contributed by atoms with van der Waals surface area (Å²) in [7, 11) is 0. The van der Waals surface area contributed by atoms with Crippen LogP contribution in [-0.2, 0) is 4.74 Å². The summed E-state index contributed by atoms with van der Waals surface area (Å²) >= 11 is 0. The summed E-state index contributed by atoms with van der Waals surface area (Å²) in [6.45, 7) is 4.48. The Kier molecular flexibility index (Phi) is 5.40. The summed E-state index contributed by atoms with van der Waals surface area (Å²) < 4.78 is 5.48. The Morgan fingerprint density at radius 1 is 1.54 bits per heavy atom. The number of hydrogen-bond acceptors (Lipinski definition) is 2. The predicted molar refractivity (Wildman–Crippen MR) is 53.6 cm³/mol. The van der Waals surface area contributed by atoms with Gasteiger partial charge in [-0.3, -0.25) is 0 Å². The Bertz CT molecular complexity index is 119. The third-order valence-electron chi connectivity index (χ3n) is 3.12. The van der Waals surface area contributed by atoms with E-state index in [1.54, 1.807) is 0 Å². The minimum Gasteiger partial charge on any atom is -0.396 e. The van der Waals surface area contributed by atoms with Gasteiger partial charge in [-0.05, 0) is 37.5 Å². The van der Waals surface area contributed by atoms with Crippen LogP contribution >= 0.6 is 0 Å². The molecule has 2 atom stereocenters. The fourth-order valence-electron chi connectivity index (χ4n) is 2.26. The third-order valence-corrected chi connectivity index (χ3v) is 3.12. The molecule has 1 aliphatic heterocycles. The van der Waals surface area contributed by atoms with Gasteiger partial charge in [0.15, 0.2) is 0 Å². The molecule has 1 fully saturated rings. The zero-order chi connectivity index (χ0) is 9.52. The highest BCUT2D eigenvalue weighted by atomic mass is 16.5. The van der Waals surface area contributed by atoms with E-state index in [1.165, 1.54) is 25.7 Å². The number of hydrogen-bond donors (Lipinski definition) is 1. The maximum absolute atomic E-state index is 8.78. The minimum atomic E-state index is 0.337. The number of aliphatic hydroxyl groups excluding tert-OH is 1. The van der Waals surface area contributed by atoms with Gasteiger partial charge in [-0.25, -0.2) is 0 Å². The van der Waals surface area contributed by atoms with Gasteiger partial charge in [0.1, 0.15) is 0 Å². The summed E-state index contributed by atoms with van der Waals surface area (Å²) in [5.74, 6) is 1.53. The van der Waals surface area contributed by atoms with E-state index in [4.69, 9.17) is 9.84 Å². The first-order valence-corrected chi connectivity index (χ1v) is 5.57. The smallest absolute Gasteiger partial charge is 0.0496 e. The Hall–Kier alpha value is -0.0800. The summed E-state index contributed by atoms with van der Waals surface area (Å²) in [4.78, 5) is 0. The molecule has 0 aromatic rings. The quantitative estimate of drug-likeness (QED) is 0.713. The van der Waals surface area contributed by atoms with Crippen molar-refractivity contribution >= 4 is 0 Å². The van der Waals surface area contributed by atoms with Crippen LogP contribution in [0.5, 0.6) is 0 Å². The Morgan fingerprint density at radius 3 is 2.92 bits per heavy atom. The highest BCUT2D eigenvalue weighted by molar-refractivity contribution is 4.71. The van der Waals surface area contributed by atoms with Crippen molar-refractivity contribution in [3.8, 4) is 0 Å². The molecule has 0 aromatic heterocycles. The molecule has 0 amide bonds. The lowest BCUT2D eigenvalue weighted by Gasteiger charge is -2.29. The van der Waals surface area contributed by atoms with Crippen LogP contribution in [0.15, 0.2) is 0 Å². The lowest BCUT2D eigenvalue weighted by atomic mass is 9.83. The van der Waals surface area contributed by atoms with Crippen LogP contribution in [0.3, 0.4) is 0 Å². The normalized spacial score (nSPS) is 25.8. The number of ether oxygens (including phenoxy) is 1. The van der Waals surface area contributed by atoms with E-state index >= 15 is 0 Å². The van der Waals surface area contributed by atoms with Crippen molar-refractivity contribution in [3.05, 3.63) is 0 Å². The van der Waals surface area contributed by atoms with Gasteiger partial charge in [0.05, 0.1) is 0 Å². The molecule has 0 bridgehead atoms. The second-order valence-electron chi connectivity index (χ2n) is 4.01. The number of aliphatic hydroxyl groups is 1. The van der Waals surface area contributed by atoms with Gasteiger partial charge in [0.2, 0.25) is 0 Å². The molecule has 0 radical (unpaired) electrons. The van der Waals surface area contributed by atoms with Gasteiger partial charge in [-0.2, -0.15) is 0 Å². The van der Waals surface area contributed by atoms with Crippen LogP contribution in [-0.4, -0.2) is 24.9 Å². The van der Waals surface area contributed by atoms with E-state index in [1.807, 2.05) is 0 Å². The third kappa shape index (κ3) is 3.65. The van der Waals surface area contributed by atoms with Crippen molar-refractivity contribution in [2.45, 2.75) is 39.0 Å². The molecule has 0 saturated carbocycles. The van der Waals surface area contributed by atoms with Crippen LogP contribution in [0.4, 0.5) is 0 Å². The van der Waals surface area contributed by atoms with E-state index in [0.717, 1.165) is 31.5 Å². The molecule has 2 unspecified atom stereocenters. The van der Waals surface area contributed by atoms with Gasteiger partial charge in [-0.1, -0.05) is 13.3 Å². The molecule has 1 rings (SSSR count). The predicted octanol–water partition coefficient (Wildman–Crippen LogP) is 2.21. The molecule has 0 aliphatic carbocycles. The summed E-state index contributed by atoms with van der Waals surface area (Å²) in [6, 6.07) is 0. The van der Waals surface area contributed by atoms with E-state index in [0.29, 0.717) is 6.61 Å². The Morgan fingerprint density at radius 2 is 2.38 bits per heavy atom. The van der Waals surface area contributed by atoms with Gasteiger partial charge in [0, 0.05) is 19.8 Å². The SMILES string of the molecule is CCC(CCCO)C1CCCOC1. The van der Waals surface area contributed by atoms with Gasteiger partial charge in [-0.15, -0.1) is 0 Å². The topological polar surface area (TPSA) is 29.5 Å². The van der Waals surface area contributed by atoms with Crippen molar-refractivity contribution in [2.75, 3.05) is 19.8 Å². The minimum absolute atomic E-state index is 0.337. The van der Waals surface area contributed by atoms with E-state index < -0.39 is 0 Å². The van der Waals surface area contributed by atoms with Crippen LogP contribution in [0.2, 0.25) is 0 Å². The Labute approximate surface area is 81.3 Å². The van der Waals surface area contributed by atoms with Gasteiger partial charge >= 0.3 is 0 Å². The molecule has 1 aliphatic rings. The van der Waals surface area contributed by atoms with Gasteiger partial charge in [0.25, 0.3) is 0 Å². The fraction of sp³-hybridized carbons (Fsp3) is 1.00. The fourth-order valence-corrected chi connectivity index (χ4v) is 2.26. The molecule has 2 nitrogen and oxygen atoms in total. The van der Waals surface area contributed by atoms with Crippen molar-refractivity contribution in [1.82, 2.24) is 0 Å². The highest BCUT2D eigenvalue weighted by Crippen LogP contribution is 2.28. The van der Waals surface area contributed by atoms with E-state index in [9.17, 15) is 0 Å². The van der Waals surface area contributed by atoms with Crippen molar-refractivity contribution in [2.24, 2.45) is 11.8 Å². The first-order chi connectivity index (χ1) is 6.38. The largest absolute Gasteiger partial charge is 0.396 e. The van der Waals surface area contributed by atoms with E-state index in [2.05, 4.69) is 6.92 Å². The average Bonchev–Trinajstić information content (AvgIpc) is 2.21. The first-order valence-electron chi connectivity index (χ1n) is 5.57. The summed E-state index contributed by atoms with van der Waals surface area (Å²) in [5.41, 5.74) is 0. The summed E-state index contributed by atoms with van der Waals surface area (Å²) in [5, 5.41) is 8.78. The first kappa shape index (κ1) is 11.0. The highest BCUT2D eigenvalue weighted by Gasteiger charge is 2.22. The van der Waals surface area contributed by atoms with Crippen LogP contribution in [0, 0.1) is 11.8 Å². The molecule has 1 heterocycles. The standard InChI is InChI=1S/C11H22O2/c1-2-10(5-3-7-12)11-6-4-8-13-9-11/h10-12H,2-9H2,1H3. The maximum Gasteiger partial charge on any atom is 0.0496 e. The van der Waals surface area contributed by atoms with Crippen molar-refractivity contribution in [1.29, 1.82) is 0 Å². The maximum atomic E-state index is 8.78. The second kappa shape index (κ2) is 6.39. The molecule has 1 saturated heterocycles. The zero-order valence-corrected chi connectivity index (χ0v) is 8.67. The monoisotopic (exact) mass is 186 g/mol.